The van der Waals surface area contributed by atoms with Gasteiger partial charge in [0, 0.05) is 6.42 Å². The Hall–Kier alpha value is -2.94. The predicted molar refractivity (Wildman–Crippen MR) is 105 cm³/mol. The molecule has 0 bridgehead atoms. The number of hydrogen-bond donors (Lipinski definition) is 1. The van der Waals surface area contributed by atoms with E-state index in [9.17, 15) is 14.4 Å². The van der Waals surface area contributed by atoms with Crippen molar-refractivity contribution in [1.82, 2.24) is 15.2 Å². The molecule has 1 unspecified atom stereocenters. The predicted octanol–water partition coefficient (Wildman–Crippen LogP) is 2.88. The number of carbonyl (C=O) groups excluding carboxylic acids is 3. The molecule has 1 aliphatic carbocycles. The fraction of sp³-hybridized carbons (Fsp3) is 0.400. The molecular weight excluding hydrogens is 392 g/mol. The summed E-state index contributed by atoms with van der Waals surface area (Å²) in [6, 6.07) is 6.57. The number of imide groups is 1. The lowest BCUT2D eigenvalue weighted by atomic mass is 9.98. The lowest BCUT2D eigenvalue weighted by Crippen LogP contribution is -2.45. The van der Waals surface area contributed by atoms with E-state index in [-0.39, 0.29) is 12.5 Å². The molecule has 1 spiro atoms. The van der Waals surface area contributed by atoms with Gasteiger partial charge in [-0.05, 0) is 36.4 Å². The van der Waals surface area contributed by atoms with Crippen molar-refractivity contribution in [3.05, 3.63) is 46.5 Å². The van der Waals surface area contributed by atoms with Crippen molar-refractivity contribution in [3.8, 4) is 0 Å². The Morgan fingerprint density at radius 3 is 2.79 bits per heavy atom. The Morgan fingerprint density at radius 1 is 1.28 bits per heavy atom. The second-order valence-corrected chi connectivity index (χ2v) is 8.56. The molecule has 8 nitrogen and oxygen atoms in total. The van der Waals surface area contributed by atoms with Gasteiger partial charge in [0.25, 0.3) is 11.8 Å². The number of nitrogens with zero attached hydrogens (tertiary/aromatic N) is 3. The number of furan rings is 1. The van der Waals surface area contributed by atoms with Crippen molar-refractivity contribution in [2.75, 3.05) is 6.54 Å². The molecule has 3 aliphatic rings. The number of carbonyl (C=O) groups is 3. The van der Waals surface area contributed by atoms with Crippen LogP contribution in [-0.4, -0.2) is 45.5 Å². The molecule has 1 saturated carbocycles. The Morgan fingerprint density at radius 2 is 2.10 bits per heavy atom. The number of rotatable bonds is 4. The Bertz CT molecular complexity index is 976. The van der Waals surface area contributed by atoms with Crippen LogP contribution in [-0.2, 0) is 9.59 Å². The van der Waals surface area contributed by atoms with Crippen LogP contribution in [0.15, 0.2) is 45.4 Å². The molecular formula is C20H20N4O4S. The quantitative estimate of drug-likeness (QED) is 0.781. The van der Waals surface area contributed by atoms with Crippen LogP contribution >= 0.6 is 11.3 Å². The van der Waals surface area contributed by atoms with Gasteiger partial charge >= 0.3 is 6.03 Å². The van der Waals surface area contributed by atoms with Crippen molar-refractivity contribution in [1.29, 1.82) is 0 Å². The monoisotopic (exact) mass is 412 g/mol. The second-order valence-electron chi connectivity index (χ2n) is 7.61. The van der Waals surface area contributed by atoms with Gasteiger partial charge in [-0.15, -0.1) is 11.3 Å². The zero-order valence-corrected chi connectivity index (χ0v) is 16.5. The van der Waals surface area contributed by atoms with Gasteiger partial charge in [-0.25, -0.2) is 9.80 Å². The zero-order chi connectivity index (χ0) is 20.0. The average Bonchev–Trinajstić information content (AvgIpc) is 3.50. The SMILES string of the molecule is O=C1NC2(CCCC2)C(=O)N1CC(=O)N1N=C(c2cccs2)CC1c1ccco1. The molecule has 2 aromatic heterocycles. The largest absolute Gasteiger partial charge is 0.467 e. The molecule has 0 radical (unpaired) electrons. The van der Waals surface area contributed by atoms with Gasteiger partial charge in [-0.2, -0.15) is 5.10 Å². The summed E-state index contributed by atoms with van der Waals surface area (Å²) in [5.74, 6) is -0.0841. The zero-order valence-electron chi connectivity index (χ0n) is 15.7. The second kappa shape index (κ2) is 6.84. The molecule has 9 heteroatoms. The Balaban J connectivity index is 1.39. The number of amides is 4. The number of hydrazone groups is 1. The van der Waals surface area contributed by atoms with Crippen molar-refractivity contribution >= 4 is 34.9 Å². The maximum absolute atomic E-state index is 13.1. The molecule has 1 N–H and O–H groups in total. The molecule has 4 heterocycles. The topological polar surface area (TPSA) is 95.2 Å². The lowest BCUT2D eigenvalue weighted by Gasteiger charge is -2.23. The highest BCUT2D eigenvalue weighted by Crippen LogP contribution is 2.37. The summed E-state index contributed by atoms with van der Waals surface area (Å²) >= 11 is 1.55. The van der Waals surface area contributed by atoms with Crippen LogP contribution in [0.1, 0.15) is 48.8 Å². The summed E-state index contributed by atoms with van der Waals surface area (Å²) in [4.78, 5) is 40.4. The van der Waals surface area contributed by atoms with Crippen LogP contribution in [0.5, 0.6) is 0 Å². The van der Waals surface area contributed by atoms with Gasteiger partial charge in [0.15, 0.2) is 0 Å². The van der Waals surface area contributed by atoms with E-state index in [1.165, 1.54) is 5.01 Å². The molecule has 1 atom stereocenters. The average molecular weight is 412 g/mol. The number of thiophene rings is 1. The van der Waals surface area contributed by atoms with Gasteiger partial charge in [-0.1, -0.05) is 18.9 Å². The smallest absolute Gasteiger partial charge is 0.325 e. The van der Waals surface area contributed by atoms with Crippen LogP contribution < -0.4 is 5.32 Å². The van der Waals surface area contributed by atoms with Gasteiger partial charge in [-0.3, -0.25) is 14.5 Å². The van der Waals surface area contributed by atoms with Crippen LogP contribution in [0, 0.1) is 0 Å². The van der Waals surface area contributed by atoms with Crippen molar-refractivity contribution in [2.45, 2.75) is 43.7 Å². The van der Waals surface area contributed by atoms with Gasteiger partial charge in [0.2, 0.25) is 0 Å². The van der Waals surface area contributed by atoms with E-state index in [2.05, 4.69) is 10.4 Å². The molecule has 0 aromatic carbocycles. The van der Waals surface area contributed by atoms with Crippen molar-refractivity contribution < 1.29 is 18.8 Å². The number of nitrogens with one attached hydrogen (secondary N) is 1. The molecule has 2 aliphatic heterocycles. The molecule has 5 rings (SSSR count). The highest BCUT2D eigenvalue weighted by molar-refractivity contribution is 7.12. The first-order valence-corrected chi connectivity index (χ1v) is 10.6. The van der Waals surface area contributed by atoms with Gasteiger partial charge < -0.3 is 9.73 Å². The maximum Gasteiger partial charge on any atom is 0.325 e. The fourth-order valence-electron chi connectivity index (χ4n) is 4.38. The summed E-state index contributed by atoms with van der Waals surface area (Å²) in [7, 11) is 0. The minimum absolute atomic E-state index is 0.301. The van der Waals surface area contributed by atoms with E-state index in [0.717, 1.165) is 28.3 Å². The Labute approximate surface area is 171 Å². The highest BCUT2D eigenvalue weighted by Gasteiger charge is 2.53. The first-order chi connectivity index (χ1) is 14.1. The van der Waals surface area contributed by atoms with Crippen LogP contribution in [0.25, 0.3) is 0 Å². The van der Waals surface area contributed by atoms with Crippen LogP contribution in [0.3, 0.4) is 0 Å². The third-order valence-electron chi connectivity index (χ3n) is 5.84. The first-order valence-electron chi connectivity index (χ1n) is 9.68. The van der Waals surface area contributed by atoms with E-state index >= 15 is 0 Å². The first kappa shape index (κ1) is 18.1. The normalized spacial score (nSPS) is 23.2. The van der Waals surface area contributed by atoms with E-state index < -0.39 is 23.5 Å². The number of hydrogen-bond acceptors (Lipinski definition) is 6. The van der Waals surface area contributed by atoms with Crippen LogP contribution in [0.2, 0.25) is 0 Å². The fourth-order valence-corrected chi connectivity index (χ4v) is 5.10. The van der Waals surface area contributed by atoms with Gasteiger partial charge in [0.05, 0.1) is 16.9 Å². The van der Waals surface area contributed by atoms with E-state index in [1.54, 1.807) is 29.7 Å². The maximum atomic E-state index is 13.1. The summed E-state index contributed by atoms with van der Waals surface area (Å²) in [6.45, 7) is -0.329. The summed E-state index contributed by atoms with van der Waals surface area (Å²) in [6.07, 6.45) is 5.12. The van der Waals surface area contributed by atoms with Gasteiger partial charge in [0.1, 0.15) is 23.9 Å². The Kier molecular flexibility index (Phi) is 4.27. The lowest BCUT2D eigenvalue weighted by molar-refractivity contribution is -0.140. The minimum atomic E-state index is -0.825. The standard InChI is InChI=1S/C20H20N4O4S/c25-17(12-23-18(26)20(21-19(23)27)7-1-2-8-20)24-14(15-5-3-9-28-15)11-13(22-24)16-6-4-10-29-16/h3-6,9-10,14H,1-2,7-8,11-12H2,(H,21,27). The molecule has 2 fully saturated rings. The molecule has 29 heavy (non-hydrogen) atoms. The third kappa shape index (κ3) is 2.96. The third-order valence-corrected chi connectivity index (χ3v) is 6.76. The van der Waals surface area contributed by atoms with E-state index in [0.29, 0.717) is 25.0 Å². The summed E-state index contributed by atoms with van der Waals surface area (Å²) in [5, 5.41) is 10.7. The molecule has 150 valence electrons. The highest BCUT2D eigenvalue weighted by atomic mass is 32.1. The van der Waals surface area contributed by atoms with Crippen LogP contribution in [0.4, 0.5) is 4.79 Å². The summed E-state index contributed by atoms with van der Waals surface area (Å²) in [5.41, 5.74) is -0.0343. The minimum Gasteiger partial charge on any atom is -0.467 e. The molecule has 4 amide bonds. The molecule has 1 saturated heterocycles. The number of urea groups is 1. The van der Waals surface area contributed by atoms with E-state index in [1.807, 2.05) is 17.5 Å². The van der Waals surface area contributed by atoms with Crippen molar-refractivity contribution in [3.63, 3.8) is 0 Å². The summed E-state index contributed by atoms with van der Waals surface area (Å²) < 4.78 is 5.53. The molecule has 2 aromatic rings. The van der Waals surface area contributed by atoms with E-state index in [4.69, 9.17) is 4.42 Å². The van der Waals surface area contributed by atoms with Crippen molar-refractivity contribution in [2.24, 2.45) is 5.10 Å².